The highest BCUT2D eigenvalue weighted by Gasteiger charge is 2.17. The highest BCUT2D eigenvalue weighted by molar-refractivity contribution is 5.32. The van der Waals surface area contributed by atoms with Crippen LogP contribution in [-0.4, -0.2) is 14.8 Å². The average Bonchev–Trinajstić information content (AvgIpc) is 2.77. The lowest BCUT2D eigenvalue weighted by atomic mass is 10.0. The lowest BCUT2D eigenvalue weighted by Gasteiger charge is -2.15. The van der Waals surface area contributed by atoms with Crippen molar-refractivity contribution in [3.63, 3.8) is 0 Å². The minimum atomic E-state index is -0.0947. The van der Waals surface area contributed by atoms with Crippen LogP contribution in [0.4, 0.5) is 0 Å². The summed E-state index contributed by atoms with van der Waals surface area (Å²) in [5.74, 6) is 1.15. The predicted octanol–water partition coefficient (Wildman–Crippen LogP) is 1.92. The first kappa shape index (κ1) is 10.8. The van der Waals surface area contributed by atoms with Gasteiger partial charge in [0.1, 0.15) is 6.33 Å². The normalized spacial score (nSPS) is 13.0. The molecule has 2 N–H and O–H groups in total. The fourth-order valence-corrected chi connectivity index (χ4v) is 1.56. The van der Waals surface area contributed by atoms with Crippen molar-refractivity contribution in [2.75, 3.05) is 0 Å². The molecule has 0 spiro atoms. The molecule has 1 aromatic carbocycles. The zero-order valence-corrected chi connectivity index (χ0v) is 9.54. The summed E-state index contributed by atoms with van der Waals surface area (Å²) in [6, 6.07) is 9.89. The molecule has 16 heavy (non-hydrogen) atoms. The van der Waals surface area contributed by atoms with Gasteiger partial charge in [-0.05, 0) is 18.1 Å². The molecule has 0 bridgehead atoms. The van der Waals surface area contributed by atoms with Crippen molar-refractivity contribution in [1.82, 2.24) is 14.8 Å². The molecular weight excluding hydrogens is 200 g/mol. The van der Waals surface area contributed by atoms with E-state index in [1.807, 2.05) is 34.9 Å². The predicted molar refractivity (Wildman–Crippen MR) is 63.1 cm³/mol. The molecule has 1 heterocycles. The fraction of sp³-hybridized carbons (Fsp3) is 0.333. The van der Waals surface area contributed by atoms with E-state index in [1.54, 1.807) is 6.33 Å². The number of rotatable bonds is 3. The van der Waals surface area contributed by atoms with Crippen molar-refractivity contribution in [1.29, 1.82) is 0 Å². The number of hydrogen-bond acceptors (Lipinski definition) is 3. The number of nitrogens with two attached hydrogens (primary N) is 1. The van der Waals surface area contributed by atoms with Crippen LogP contribution in [0.15, 0.2) is 36.7 Å². The minimum absolute atomic E-state index is 0.0947. The summed E-state index contributed by atoms with van der Waals surface area (Å²) in [7, 11) is 0. The average molecular weight is 216 g/mol. The van der Waals surface area contributed by atoms with Crippen molar-refractivity contribution in [2.45, 2.75) is 19.9 Å². The van der Waals surface area contributed by atoms with Gasteiger partial charge in [0, 0.05) is 5.69 Å². The van der Waals surface area contributed by atoms with Crippen LogP contribution in [0.3, 0.4) is 0 Å². The third-order valence-electron chi connectivity index (χ3n) is 2.62. The van der Waals surface area contributed by atoms with E-state index in [0.717, 1.165) is 11.5 Å². The van der Waals surface area contributed by atoms with Gasteiger partial charge in [-0.2, -0.15) is 0 Å². The Bertz CT molecular complexity index is 447. The molecule has 1 atom stereocenters. The number of hydrogen-bond donors (Lipinski definition) is 1. The molecule has 0 amide bonds. The molecule has 0 fully saturated rings. The fourth-order valence-electron chi connectivity index (χ4n) is 1.56. The molecule has 0 radical (unpaired) electrons. The van der Waals surface area contributed by atoms with E-state index in [9.17, 15) is 0 Å². The van der Waals surface area contributed by atoms with Crippen LogP contribution in [0.1, 0.15) is 25.7 Å². The zero-order chi connectivity index (χ0) is 11.5. The van der Waals surface area contributed by atoms with E-state index in [2.05, 4.69) is 24.0 Å². The molecule has 0 aliphatic carbocycles. The topological polar surface area (TPSA) is 56.7 Å². The maximum Gasteiger partial charge on any atom is 0.154 e. The molecular formula is C12H16N4. The Hall–Kier alpha value is -1.68. The maximum atomic E-state index is 6.10. The largest absolute Gasteiger partial charge is 0.321 e. The van der Waals surface area contributed by atoms with Gasteiger partial charge in [-0.1, -0.05) is 32.0 Å². The molecule has 4 heteroatoms. The molecule has 2 rings (SSSR count). The van der Waals surface area contributed by atoms with Crippen molar-refractivity contribution in [2.24, 2.45) is 11.7 Å². The number of nitrogens with zero attached hydrogens (tertiary/aromatic N) is 3. The Labute approximate surface area is 95.1 Å². The summed E-state index contributed by atoms with van der Waals surface area (Å²) in [6.45, 7) is 4.16. The lowest BCUT2D eigenvalue weighted by molar-refractivity contribution is 0.483. The van der Waals surface area contributed by atoms with E-state index in [4.69, 9.17) is 5.73 Å². The van der Waals surface area contributed by atoms with E-state index in [0.29, 0.717) is 5.92 Å². The second-order valence-electron chi connectivity index (χ2n) is 4.16. The van der Waals surface area contributed by atoms with Crippen LogP contribution in [0.25, 0.3) is 5.69 Å². The molecule has 1 unspecified atom stereocenters. The number of para-hydroxylation sites is 1. The van der Waals surface area contributed by atoms with Gasteiger partial charge in [0.25, 0.3) is 0 Å². The Balaban J connectivity index is 2.40. The van der Waals surface area contributed by atoms with Crippen LogP contribution in [0, 0.1) is 5.92 Å². The van der Waals surface area contributed by atoms with E-state index < -0.39 is 0 Å². The SMILES string of the molecule is CC(C)C(N)c1nncn1-c1ccccc1. The summed E-state index contributed by atoms with van der Waals surface area (Å²) in [4.78, 5) is 0. The Morgan fingerprint density at radius 2 is 1.88 bits per heavy atom. The summed E-state index contributed by atoms with van der Waals surface area (Å²) in [6.07, 6.45) is 1.70. The van der Waals surface area contributed by atoms with Crippen molar-refractivity contribution in [3.05, 3.63) is 42.5 Å². The zero-order valence-electron chi connectivity index (χ0n) is 9.54. The van der Waals surface area contributed by atoms with Crippen LogP contribution >= 0.6 is 0 Å². The summed E-state index contributed by atoms with van der Waals surface area (Å²) in [5.41, 5.74) is 7.14. The molecule has 1 aromatic heterocycles. The molecule has 0 aliphatic rings. The van der Waals surface area contributed by atoms with Gasteiger partial charge in [-0.3, -0.25) is 4.57 Å². The maximum absolute atomic E-state index is 6.10. The van der Waals surface area contributed by atoms with Gasteiger partial charge in [0.05, 0.1) is 6.04 Å². The standard InChI is InChI=1S/C12H16N4/c1-9(2)11(13)12-15-14-8-16(12)10-6-4-3-5-7-10/h3-9,11H,13H2,1-2H3. The van der Waals surface area contributed by atoms with Gasteiger partial charge < -0.3 is 5.73 Å². The van der Waals surface area contributed by atoms with Crippen molar-refractivity contribution >= 4 is 0 Å². The van der Waals surface area contributed by atoms with E-state index in [1.165, 1.54) is 0 Å². The Morgan fingerprint density at radius 1 is 1.19 bits per heavy atom. The van der Waals surface area contributed by atoms with Crippen molar-refractivity contribution < 1.29 is 0 Å². The lowest BCUT2D eigenvalue weighted by Crippen LogP contribution is -2.21. The third-order valence-corrected chi connectivity index (χ3v) is 2.62. The molecule has 0 saturated heterocycles. The van der Waals surface area contributed by atoms with Crippen molar-refractivity contribution in [3.8, 4) is 5.69 Å². The first-order valence-electron chi connectivity index (χ1n) is 5.41. The number of aromatic nitrogens is 3. The van der Waals surface area contributed by atoms with Crippen LogP contribution in [0.2, 0.25) is 0 Å². The Kier molecular flexibility index (Phi) is 3.01. The van der Waals surface area contributed by atoms with Gasteiger partial charge in [-0.25, -0.2) is 0 Å². The smallest absolute Gasteiger partial charge is 0.154 e. The monoisotopic (exact) mass is 216 g/mol. The van der Waals surface area contributed by atoms with E-state index >= 15 is 0 Å². The second kappa shape index (κ2) is 4.45. The van der Waals surface area contributed by atoms with Gasteiger partial charge in [0.2, 0.25) is 0 Å². The molecule has 2 aromatic rings. The molecule has 4 nitrogen and oxygen atoms in total. The van der Waals surface area contributed by atoms with Gasteiger partial charge in [0.15, 0.2) is 5.82 Å². The van der Waals surface area contributed by atoms with Gasteiger partial charge in [-0.15, -0.1) is 10.2 Å². The highest BCUT2D eigenvalue weighted by atomic mass is 15.3. The Morgan fingerprint density at radius 3 is 2.50 bits per heavy atom. The van der Waals surface area contributed by atoms with Crippen LogP contribution in [-0.2, 0) is 0 Å². The summed E-state index contributed by atoms with van der Waals surface area (Å²) >= 11 is 0. The minimum Gasteiger partial charge on any atom is -0.321 e. The quantitative estimate of drug-likeness (QED) is 0.852. The summed E-state index contributed by atoms with van der Waals surface area (Å²) in [5, 5.41) is 8.04. The molecule has 84 valence electrons. The van der Waals surface area contributed by atoms with Crippen LogP contribution in [0.5, 0.6) is 0 Å². The highest BCUT2D eigenvalue weighted by Crippen LogP contribution is 2.19. The van der Waals surface area contributed by atoms with Crippen LogP contribution < -0.4 is 5.73 Å². The molecule has 0 saturated carbocycles. The third kappa shape index (κ3) is 1.97. The second-order valence-corrected chi connectivity index (χ2v) is 4.16. The van der Waals surface area contributed by atoms with E-state index in [-0.39, 0.29) is 6.04 Å². The van der Waals surface area contributed by atoms with Gasteiger partial charge >= 0.3 is 0 Å². The first-order chi connectivity index (χ1) is 7.70. The first-order valence-corrected chi connectivity index (χ1v) is 5.41. The summed E-state index contributed by atoms with van der Waals surface area (Å²) < 4.78 is 1.94. The molecule has 0 aliphatic heterocycles. The number of benzene rings is 1.